The second-order valence-corrected chi connectivity index (χ2v) is 7.91. The van der Waals surface area contributed by atoms with Crippen LogP contribution in [0.3, 0.4) is 0 Å². The van der Waals surface area contributed by atoms with Crippen molar-refractivity contribution in [3.63, 3.8) is 0 Å². The number of carbonyl (C=O) groups excluding carboxylic acids is 2. The summed E-state index contributed by atoms with van der Waals surface area (Å²) in [6, 6.07) is 7.21. The maximum Gasteiger partial charge on any atom is 0.251 e. The number of amides is 2. The van der Waals surface area contributed by atoms with E-state index >= 15 is 0 Å². The zero-order valence-electron chi connectivity index (χ0n) is 12.8. The van der Waals surface area contributed by atoms with E-state index in [9.17, 15) is 9.59 Å². The molecule has 0 aromatic heterocycles. The van der Waals surface area contributed by atoms with Gasteiger partial charge in [0.2, 0.25) is 5.91 Å². The van der Waals surface area contributed by atoms with Crippen molar-refractivity contribution in [2.45, 2.75) is 12.5 Å². The van der Waals surface area contributed by atoms with Crippen molar-refractivity contribution >= 4 is 39.5 Å². The number of hydrogen-bond acceptors (Lipinski definition) is 4. The van der Waals surface area contributed by atoms with Crippen molar-refractivity contribution in [1.29, 1.82) is 0 Å². The number of halogens is 1. The minimum atomic E-state index is -0.0942. The first-order valence-electron chi connectivity index (χ1n) is 7.77. The van der Waals surface area contributed by atoms with E-state index in [0.717, 1.165) is 35.6 Å². The highest BCUT2D eigenvalue weighted by molar-refractivity contribution is 9.10. The number of nitrogens with zero attached hydrogens (tertiary/aromatic N) is 1. The van der Waals surface area contributed by atoms with Crippen LogP contribution in [0.1, 0.15) is 16.8 Å². The van der Waals surface area contributed by atoms with Gasteiger partial charge in [-0.3, -0.25) is 9.59 Å². The van der Waals surface area contributed by atoms with E-state index in [2.05, 4.69) is 26.6 Å². The van der Waals surface area contributed by atoms with Gasteiger partial charge in [-0.15, -0.1) is 11.8 Å². The Labute approximate surface area is 148 Å². The molecular formula is C16H20BrN3O2S. The van der Waals surface area contributed by atoms with E-state index < -0.39 is 0 Å². The van der Waals surface area contributed by atoms with Gasteiger partial charge in [0.15, 0.2) is 0 Å². The average molecular weight is 398 g/mol. The van der Waals surface area contributed by atoms with Crippen molar-refractivity contribution < 1.29 is 9.59 Å². The minimum Gasteiger partial charge on any atom is -0.352 e. The highest BCUT2D eigenvalue weighted by Gasteiger charge is 2.33. The highest BCUT2D eigenvalue weighted by Crippen LogP contribution is 2.20. The molecule has 2 saturated heterocycles. The van der Waals surface area contributed by atoms with Crippen LogP contribution >= 0.6 is 27.7 Å². The number of hydrogen-bond donors (Lipinski definition) is 2. The summed E-state index contributed by atoms with van der Waals surface area (Å²) < 4.78 is 0.954. The lowest BCUT2D eigenvalue weighted by Gasteiger charge is -2.19. The Morgan fingerprint density at radius 1 is 1.35 bits per heavy atom. The van der Waals surface area contributed by atoms with Crippen LogP contribution in [0.15, 0.2) is 28.7 Å². The predicted molar refractivity (Wildman–Crippen MR) is 95.4 cm³/mol. The smallest absolute Gasteiger partial charge is 0.251 e. The van der Waals surface area contributed by atoms with Crippen LogP contribution in [0.4, 0.5) is 0 Å². The van der Waals surface area contributed by atoms with Gasteiger partial charge in [0.25, 0.3) is 5.91 Å². The largest absolute Gasteiger partial charge is 0.352 e. The van der Waals surface area contributed by atoms with E-state index in [1.54, 1.807) is 23.9 Å². The summed E-state index contributed by atoms with van der Waals surface area (Å²) in [7, 11) is 0. The fourth-order valence-corrected chi connectivity index (χ4v) is 4.12. The fourth-order valence-electron chi connectivity index (χ4n) is 2.90. The summed E-state index contributed by atoms with van der Waals surface area (Å²) in [5.74, 6) is 2.28. The predicted octanol–water partition coefficient (Wildman–Crippen LogP) is 1.69. The van der Waals surface area contributed by atoms with Gasteiger partial charge in [-0.2, -0.15) is 0 Å². The van der Waals surface area contributed by atoms with Crippen molar-refractivity contribution in [2.24, 2.45) is 5.92 Å². The Bertz CT molecular complexity index is 575. The van der Waals surface area contributed by atoms with Crippen LogP contribution in [0, 0.1) is 5.92 Å². The van der Waals surface area contributed by atoms with Gasteiger partial charge in [-0.1, -0.05) is 15.9 Å². The lowest BCUT2D eigenvalue weighted by Crippen LogP contribution is -2.42. The van der Waals surface area contributed by atoms with Crippen molar-refractivity contribution in [1.82, 2.24) is 15.5 Å². The second-order valence-electron chi connectivity index (χ2n) is 5.92. The Kier molecular flexibility index (Phi) is 5.61. The summed E-state index contributed by atoms with van der Waals surface area (Å²) in [4.78, 5) is 26.4. The Morgan fingerprint density at radius 2 is 2.13 bits per heavy atom. The van der Waals surface area contributed by atoms with Crippen molar-refractivity contribution in [2.75, 3.05) is 31.3 Å². The molecule has 2 fully saturated rings. The number of benzene rings is 1. The van der Waals surface area contributed by atoms with Crippen LogP contribution in [-0.4, -0.2) is 54.0 Å². The highest BCUT2D eigenvalue weighted by atomic mass is 79.9. The molecule has 2 aliphatic heterocycles. The maximum atomic E-state index is 12.3. The molecule has 0 saturated carbocycles. The zero-order valence-corrected chi connectivity index (χ0v) is 15.2. The molecule has 2 aliphatic rings. The van der Waals surface area contributed by atoms with E-state index in [-0.39, 0.29) is 17.9 Å². The summed E-state index contributed by atoms with van der Waals surface area (Å²) in [6.07, 6.45) is 0.792. The van der Waals surface area contributed by atoms with Gasteiger partial charge in [-0.25, -0.2) is 0 Å². The molecule has 1 aromatic carbocycles. The third kappa shape index (κ3) is 4.28. The monoisotopic (exact) mass is 397 g/mol. The molecule has 124 valence electrons. The third-order valence-electron chi connectivity index (χ3n) is 4.24. The van der Waals surface area contributed by atoms with Gasteiger partial charge in [-0.05, 0) is 36.6 Å². The van der Waals surface area contributed by atoms with E-state index in [0.29, 0.717) is 18.0 Å². The zero-order chi connectivity index (χ0) is 16.2. The summed E-state index contributed by atoms with van der Waals surface area (Å²) >= 11 is 5.16. The van der Waals surface area contributed by atoms with Crippen molar-refractivity contribution in [3.8, 4) is 0 Å². The molecule has 23 heavy (non-hydrogen) atoms. The number of rotatable bonds is 4. The third-order valence-corrected chi connectivity index (χ3v) is 5.74. The van der Waals surface area contributed by atoms with E-state index in [1.165, 1.54) is 0 Å². The molecule has 5 nitrogen and oxygen atoms in total. The summed E-state index contributed by atoms with van der Waals surface area (Å²) in [5, 5.41) is 6.26. The van der Waals surface area contributed by atoms with Gasteiger partial charge in [0, 0.05) is 35.4 Å². The molecular weight excluding hydrogens is 378 g/mol. The van der Waals surface area contributed by atoms with Crippen LogP contribution < -0.4 is 10.6 Å². The standard InChI is InChI=1S/C16H20BrN3O2S/c17-13-3-1-12(2-4-13)15(21)19-9-11-7-14(18-8-11)16(22)20-5-6-23-10-20/h1-4,11,14,18H,5-10H2,(H,19,21)/t11-,14-/m0/s1. The molecule has 0 unspecified atom stereocenters. The molecule has 2 N–H and O–H groups in total. The number of nitrogens with one attached hydrogen (secondary N) is 2. The Balaban J connectivity index is 1.45. The number of thioether (sulfide) groups is 1. The minimum absolute atomic E-state index is 0.0665. The van der Waals surface area contributed by atoms with Crippen LogP contribution in [-0.2, 0) is 4.79 Å². The van der Waals surface area contributed by atoms with Crippen LogP contribution in [0.2, 0.25) is 0 Å². The summed E-state index contributed by atoms with van der Waals surface area (Å²) in [6.45, 7) is 2.23. The lowest BCUT2D eigenvalue weighted by atomic mass is 10.0. The molecule has 0 radical (unpaired) electrons. The fraction of sp³-hybridized carbons (Fsp3) is 0.500. The van der Waals surface area contributed by atoms with Crippen LogP contribution in [0.5, 0.6) is 0 Å². The Morgan fingerprint density at radius 3 is 2.83 bits per heavy atom. The number of carbonyl (C=O) groups is 2. The topological polar surface area (TPSA) is 61.4 Å². The SMILES string of the molecule is O=C(NC[C@@H]1CN[C@H](C(=O)N2CCSC2)C1)c1ccc(Br)cc1. The molecule has 0 bridgehead atoms. The molecule has 0 spiro atoms. The normalized spacial score (nSPS) is 24.0. The first-order valence-corrected chi connectivity index (χ1v) is 9.72. The molecule has 3 rings (SSSR count). The molecule has 0 aliphatic carbocycles. The first kappa shape index (κ1) is 16.8. The molecule has 2 heterocycles. The van der Waals surface area contributed by atoms with Gasteiger partial charge < -0.3 is 15.5 Å². The van der Waals surface area contributed by atoms with Crippen molar-refractivity contribution in [3.05, 3.63) is 34.3 Å². The first-order chi connectivity index (χ1) is 11.1. The average Bonchev–Trinajstić information content (AvgIpc) is 3.24. The molecule has 1 aromatic rings. The van der Waals surface area contributed by atoms with E-state index in [1.807, 2.05) is 17.0 Å². The Hall–Kier alpha value is -1.05. The lowest BCUT2D eigenvalue weighted by molar-refractivity contribution is -0.131. The quantitative estimate of drug-likeness (QED) is 0.811. The van der Waals surface area contributed by atoms with Gasteiger partial charge in [0.05, 0.1) is 11.9 Å². The maximum absolute atomic E-state index is 12.3. The second kappa shape index (κ2) is 7.68. The molecule has 2 amide bonds. The van der Waals surface area contributed by atoms with Crippen LogP contribution in [0.25, 0.3) is 0 Å². The summed E-state index contributed by atoms with van der Waals surface area (Å²) in [5.41, 5.74) is 0.654. The molecule has 7 heteroatoms. The van der Waals surface area contributed by atoms with Gasteiger partial charge in [0.1, 0.15) is 0 Å². The van der Waals surface area contributed by atoms with Gasteiger partial charge >= 0.3 is 0 Å². The van der Waals surface area contributed by atoms with E-state index in [4.69, 9.17) is 0 Å². The molecule has 2 atom stereocenters.